The second-order valence-electron chi connectivity index (χ2n) is 5.27. The maximum absolute atomic E-state index is 11.8. The minimum absolute atomic E-state index is 0.0622. The van der Waals surface area contributed by atoms with Gasteiger partial charge in [-0.05, 0) is 26.0 Å². The van der Waals surface area contributed by atoms with E-state index in [1.165, 1.54) is 0 Å². The Hall–Kier alpha value is -2.37. The minimum atomic E-state index is -0.998. The lowest BCUT2D eigenvalue weighted by molar-refractivity contribution is -0.146. The number of benzene rings is 1. The third-order valence-electron chi connectivity index (χ3n) is 3.09. The highest BCUT2D eigenvalue weighted by Gasteiger charge is 2.27. The molecule has 0 saturated heterocycles. The quantitative estimate of drug-likeness (QED) is 0.865. The summed E-state index contributed by atoms with van der Waals surface area (Å²) in [5, 5.41) is 16.2. The van der Waals surface area contributed by atoms with Gasteiger partial charge in [0, 0.05) is 11.9 Å². The van der Waals surface area contributed by atoms with Gasteiger partial charge in [-0.15, -0.1) is 0 Å². The van der Waals surface area contributed by atoms with Crippen LogP contribution in [0, 0.1) is 5.41 Å². The Morgan fingerprint density at radius 2 is 2.05 bits per heavy atom. The number of aliphatic carboxylic acids is 1. The third kappa shape index (κ3) is 2.96. The predicted octanol–water partition coefficient (Wildman–Crippen LogP) is 1.60. The van der Waals surface area contributed by atoms with E-state index in [1.54, 1.807) is 19.9 Å². The van der Waals surface area contributed by atoms with Gasteiger partial charge in [0.25, 0.3) is 0 Å². The molecule has 2 aromatic rings. The lowest BCUT2D eigenvalue weighted by Crippen LogP contribution is -2.39. The average molecular weight is 276 g/mol. The summed E-state index contributed by atoms with van der Waals surface area (Å²) in [5.41, 5.74) is 0.175. The lowest BCUT2D eigenvalue weighted by atomic mass is 9.94. The number of hydrogen-bond donors (Lipinski definition) is 2. The maximum Gasteiger partial charge on any atom is 0.310 e. The van der Waals surface area contributed by atoms with Crippen molar-refractivity contribution in [1.82, 2.24) is 10.5 Å². The Morgan fingerprint density at radius 1 is 1.35 bits per heavy atom. The van der Waals surface area contributed by atoms with Gasteiger partial charge in [-0.3, -0.25) is 9.59 Å². The Morgan fingerprint density at radius 3 is 2.75 bits per heavy atom. The van der Waals surface area contributed by atoms with Gasteiger partial charge < -0.3 is 14.9 Å². The molecular formula is C14H16N2O4. The van der Waals surface area contributed by atoms with Crippen LogP contribution in [0.3, 0.4) is 0 Å². The standard InChI is InChI=1S/C14H16N2O4/c1-14(2,13(18)19)8-15-12(17)7-10-9-5-3-4-6-11(9)20-16-10/h3-6H,7-8H2,1-2H3,(H,15,17)(H,18,19). The number of para-hydroxylation sites is 1. The SMILES string of the molecule is CC(C)(CNC(=O)Cc1noc2ccccc12)C(=O)O. The van der Waals surface area contributed by atoms with E-state index < -0.39 is 11.4 Å². The first kappa shape index (κ1) is 14.0. The normalized spacial score (nSPS) is 11.5. The van der Waals surface area contributed by atoms with Gasteiger partial charge in [-0.2, -0.15) is 0 Å². The maximum atomic E-state index is 11.8. The van der Waals surface area contributed by atoms with E-state index in [4.69, 9.17) is 9.63 Å². The van der Waals surface area contributed by atoms with Gasteiger partial charge >= 0.3 is 5.97 Å². The number of nitrogens with zero attached hydrogens (tertiary/aromatic N) is 1. The number of amides is 1. The second kappa shape index (κ2) is 5.32. The molecule has 0 unspecified atom stereocenters. The Bertz CT molecular complexity index is 645. The largest absolute Gasteiger partial charge is 0.481 e. The summed E-state index contributed by atoms with van der Waals surface area (Å²) in [6.45, 7) is 3.18. The van der Waals surface area contributed by atoms with Crippen molar-refractivity contribution >= 4 is 22.8 Å². The number of nitrogens with one attached hydrogen (secondary N) is 1. The molecule has 0 aliphatic rings. The highest BCUT2D eigenvalue weighted by atomic mass is 16.5. The van der Waals surface area contributed by atoms with Crippen LogP contribution >= 0.6 is 0 Å². The predicted molar refractivity (Wildman–Crippen MR) is 72.1 cm³/mol. The Balaban J connectivity index is 2.00. The molecule has 0 bridgehead atoms. The van der Waals surface area contributed by atoms with Gasteiger partial charge in [0.05, 0.1) is 11.8 Å². The van der Waals surface area contributed by atoms with E-state index in [1.807, 2.05) is 18.2 Å². The number of fused-ring (bicyclic) bond motifs is 1. The van der Waals surface area contributed by atoms with Crippen LogP contribution in [-0.2, 0) is 16.0 Å². The van der Waals surface area contributed by atoms with Crippen molar-refractivity contribution in [1.29, 1.82) is 0 Å². The summed E-state index contributed by atoms with van der Waals surface area (Å²) in [7, 11) is 0. The number of hydrogen-bond acceptors (Lipinski definition) is 4. The molecule has 0 fully saturated rings. The number of aromatic nitrogens is 1. The van der Waals surface area contributed by atoms with Gasteiger partial charge in [0.2, 0.25) is 5.91 Å². The molecule has 0 atom stereocenters. The average Bonchev–Trinajstić information content (AvgIpc) is 2.80. The van der Waals surface area contributed by atoms with Crippen molar-refractivity contribution in [2.75, 3.05) is 6.54 Å². The van der Waals surface area contributed by atoms with Crippen LogP contribution in [0.2, 0.25) is 0 Å². The smallest absolute Gasteiger partial charge is 0.310 e. The van der Waals surface area contributed by atoms with Crippen molar-refractivity contribution in [3.8, 4) is 0 Å². The lowest BCUT2D eigenvalue weighted by Gasteiger charge is -2.19. The van der Waals surface area contributed by atoms with Crippen LogP contribution in [0.5, 0.6) is 0 Å². The van der Waals surface area contributed by atoms with E-state index in [0.717, 1.165) is 5.39 Å². The summed E-state index contributed by atoms with van der Waals surface area (Å²) in [6.07, 6.45) is 0.0622. The number of carbonyl (C=O) groups is 2. The molecule has 2 N–H and O–H groups in total. The van der Waals surface area contributed by atoms with Crippen LogP contribution in [0.4, 0.5) is 0 Å². The zero-order valence-electron chi connectivity index (χ0n) is 11.3. The highest BCUT2D eigenvalue weighted by Crippen LogP contribution is 2.18. The highest BCUT2D eigenvalue weighted by molar-refractivity contribution is 5.86. The molecule has 6 heteroatoms. The Labute approximate surface area is 115 Å². The summed E-state index contributed by atoms with van der Waals surface area (Å²) in [4.78, 5) is 22.8. The first-order chi connectivity index (χ1) is 9.40. The van der Waals surface area contributed by atoms with Crippen LogP contribution < -0.4 is 5.32 Å². The number of carboxylic acid groups (broad SMARTS) is 1. The van der Waals surface area contributed by atoms with Crippen LogP contribution in [0.15, 0.2) is 28.8 Å². The molecule has 106 valence electrons. The Kier molecular flexibility index (Phi) is 3.74. The number of rotatable bonds is 5. The molecule has 1 heterocycles. The fourth-order valence-corrected chi connectivity index (χ4v) is 1.68. The van der Waals surface area contributed by atoms with E-state index in [0.29, 0.717) is 11.3 Å². The molecule has 1 aromatic heterocycles. The molecule has 2 rings (SSSR count). The van der Waals surface area contributed by atoms with E-state index in [-0.39, 0.29) is 18.9 Å². The van der Waals surface area contributed by atoms with Crippen LogP contribution in [-0.4, -0.2) is 28.7 Å². The molecule has 0 radical (unpaired) electrons. The van der Waals surface area contributed by atoms with Crippen molar-refractivity contribution in [2.45, 2.75) is 20.3 Å². The summed E-state index contributed by atoms with van der Waals surface area (Å²) >= 11 is 0. The monoisotopic (exact) mass is 276 g/mol. The molecular weight excluding hydrogens is 260 g/mol. The van der Waals surface area contributed by atoms with E-state index >= 15 is 0 Å². The molecule has 0 aliphatic heterocycles. The van der Waals surface area contributed by atoms with Gasteiger partial charge in [0.15, 0.2) is 5.58 Å². The molecule has 0 aliphatic carbocycles. The molecule has 0 spiro atoms. The molecule has 6 nitrogen and oxygen atoms in total. The first-order valence-corrected chi connectivity index (χ1v) is 6.23. The molecule has 20 heavy (non-hydrogen) atoms. The minimum Gasteiger partial charge on any atom is -0.481 e. The first-order valence-electron chi connectivity index (χ1n) is 6.23. The van der Waals surface area contributed by atoms with E-state index in [9.17, 15) is 9.59 Å². The zero-order valence-corrected chi connectivity index (χ0v) is 11.3. The fourth-order valence-electron chi connectivity index (χ4n) is 1.68. The number of carbonyl (C=O) groups excluding carboxylic acids is 1. The van der Waals surface area contributed by atoms with Crippen molar-refractivity contribution in [3.05, 3.63) is 30.0 Å². The fraction of sp³-hybridized carbons (Fsp3) is 0.357. The van der Waals surface area contributed by atoms with Gasteiger partial charge in [-0.25, -0.2) is 0 Å². The molecule has 0 saturated carbocycles. The zero-order chi connectivity index (χ0) is 14.8. The third-order valence-corrected chi connectivity index (χ3v) is 3.09. The number of carboxylic acids is 1. The van der Waals surface area contributed by atoms with Gasteiger partial charge in [0.1, 0.15) is 5.69 Å². The van der Waals surface area contributed by atoms with E-state index in [2.05, 4.69) is 10.5 Å². The van der Waals surface area contributed by atoms with Crippen molar-refractivity contribution < 1.29 is 19.2 Å². The summed E-state index contributed by atoms with van der Waals surface area (Å²) in [6, 6.07) is 7.27. The van der Waals surface area contributed by atoms with Crippen LogP contribution in [0.25, 0.3) is 11.0 Å². The summed E-state index contributed by atoms with van der Waals surface area (Å²) < 4.78 is 5.11. The summed E-state index contributed by atoms with van der Waals surface area (Å²) in [5.74, 6) is -1.23. The second-order valence-corrected chi connectivity index (χ2v) is 5.27. The van der Waals surface area contributed by atoms with Crippen molar-refractivity contribution in [3.63, 3.8) is 0 Å². The van der Waals surface area contributed by atoms with Crippen LogP contribution in [0.1, 0.15) is 19.5 Å². The molecule has 1 amide bonds. The molecule has 1 aromatic carbocycles. The van der Waals surface area contributed by atoms with Crippen molar-refractivity contribution in [2.24, 2.45) is 5.41 Å². The topological polar surface area (TPSA) is 92.4 Å². The van der Waals surface area contributed by atoms with Gasteiger partial charge in [-0.1, -0.05) is 17.3 Å².